The minimum Gasteiger partial charge on any atom is -0.481 e. The predicted octanol–water partition coefficient (Wildman–Crippen LogP) is 2.42. The number of nitrogens with one attached hydrogen (secondary N) is 1. The van der Waals surface area contributed by atoms with Crippen LogP contribution < -0.4 is 5.32 Å². The number of carboxylic acids is 1. The van der Waals surface area contributed by atoms with Crippen LogP contribution in [0.3, 0.4) is 0 Å². The Labute approximate surface area is 162 Å². The summed E-state index contributed by atoms with van der Waals surface area (Å²) in [4.78, 5) is 49.4. The fraction of sp³-hybridized carbons (Fsp3) is 0.750. The summed E-state index contributed by atoms with van der Waals surface area (Å²) in [5.41, 5.74) is 7.45. The second-order valence-electron chi connectivity index (χ2n) is 6.63. The summed E-state index contributed by atoms with van der Waals surface area (Å²) in [6, 6.07) is -1.09. The standard InChI is InChI=1S/C16H26N4O6S/c1-16(2,3)26-14(24)10-11(15(25)27-9-7-13(22)23)19-12(21)6-4-5-8-18-20-17/h11H,4-10H2,1-3H3,(H,19,21)(H,22,23)/t11-/m0/s1. The van der Waals surface area contributed by atoms with E-state index in [4.69, 9.17) is 15.4 Å². The lowest BCUT2D eigenvalue weighted by atomic mass is 10.1. The van der Waals surface area contributed by atoms with Crippen molar-refractivity contribution < 1.29 is 29.0 Å². The van der Waals surface area contributed by atoms with E-state index in [1.807, 2.05) is 0 Å². The molecule has 0 spiro atoms. The number of thioether (sulfide) groups is 1. The zero-order chi connectivity index (χ0) is 20.9. The molecule has 27 heavy (non-hydrogen) atoms. The van der Waals surface area contributed by atoms with Crippen LogP contribution in [0.4, 0.5) is 0 Å². The molecule has 1 amide bonds. The van der Waals surface area contributed by atoms with Gasteiger partial charge in [0.05, 0.1) is 12.8 Å². The van der Waals surface area contributed by atoms with Crippen molar-refractivity contribution in [1.29, 1.82) is 0 Å². The number of nitrogens with zero attached hydrogens (tertiary/aromatic N) is 3. The van der Waals surface area contributed by atoms with Crippen LogP contribution in [0.2, 0.25) is 0 Å². The molecule has 0 saturated heterocycles. The van der Waals surface area contributed by atoms with E-state index < -0.39 is 34.6 Å². The molecule has 11 heteroatoms. The molecule has 10 nitrogen and oxygen atoms in total. The van der Waals surface area contributed by atoms with Crippen LogP contribution in [0.25, 0.3) is 10.4 Å². The van der Waals surface area contributed by atoms with Gasteiger partial charge in [0.25, 0.3) is 0 Å². The lowest BCUT2D eigenvalue weighted by Crippen LogP contribution is -2.42. The smallest absolute Gasteiger partial charge is 0.308 e. The topological polar surface area (TPSA) is 159 Å². The Kier molecular flexibility index (Phi) is 11.9. The fourth-order valence-corrected chi connectivity index (χ4v) is 2.68. The van der Waals surface area contributed by atoms with Gasteiger partial charge in [0.15, 0.2) is 0 Å². The van der Waals surface area contributed by atoms with Gasteiger partial charge in [-0.3, -0.25) is 19.2 Å². The first kappa shape index (κ1) is 24.7. The van der Waals surface area contributed by atoms with E-state index in [1.165, 1.54) is 0 Å². The molecular formula is C16H26N4O6S. The number of carbonyl (C=O) groups excluding carboxylic acids is 3. The van der Waals surface area contributed by atoms with Gasteiger partial charge >= 0.3 is 11.9 Å². The lowest BCUT2D eigenvalue weighted by molar-refractivity contribution is -0.156. The van der Waals surface area contributed by atoms with Gasteiger partial charge in [-0.1, -0.05) is 16.9 Å². The van der Waals surface area contributed by atoms with Gasteiger partial charge in [0, 0.05) is 23.6 Å². The van der Waals surface area contributed by atoms with Crippen molar-refractivity contribution in [3.05, 3.63) is 10.4 Å². The van der Waals surface area contributed by atoms with Crippen LogP contribution >= 0.6 is 11.8 Å². The number of unbranched alkanes of at least 4 members (excludes halogenated alkanes) is 1. The maximum Gasteiger partial charge on any atom is 0.308 e. The third-order valence-corrected chi connectivity index (χ3v) is 3.92. The number of carbonyl (C=O) groups is 4. The minimum absolute atomic E-state index is 0.0427. The molecule has 0 saturated carbocycles. The van der Waals surface area contributed by atoms with E-state index in [0.717, 1.165) is 11.8 Å². The number of esters is 1. The van der Waals surface area contributed by atoms with Crippen LogP contribution in [0.1, 0.15) is 52.9 Å². The third kappa shape index (κ3) is 14.6. The molecule has 2 N–H and O–H groups in total. The molecule has 0 rings (SSSR count). The van der Waals surface area contributed by atoms with Gasteiger partial charge in [0.1, 0.15) is 11.6 Å². The van der Waals surface area contributed by atoms with Crippen molar-refractivity contribution in [2.45, 2.75) is 64.5 Å². The van der Waals surface area contributed by atoms with Crippen molar-refractivity contribution in [3.63, 3.8) is 0 Å². The molecule has 152 valence electrons. The van der Waals surface area contributed by atoms with Gasteiger partial charge in [-0.25, -0.2) is 0 Å². The molecule has 0 aromatic heterocycles. The van der Waals surface area contributed by atoms with Gasteiger partial charge in [-0.2, -0.15) is 0 Å². The first-order chi connectivity index (χ1) is 12.5. The Balaban J connectivity index is 4.72. The molecule has 0 bridgehead atoms. The van der Waals surface area contributed by atoms with E-state index in [9.17, 15) is 19.2 Å². The molecule has 0 radical (unpaired) electrons. The number of rotatable bonds is 12. The fourth-order valence-electron chi connectivity index (χ4n) is 1.86. The average molecular weight is 402 g/mol. The Morgan fingerprint density at radius 2 is 1.89 bits per heavy atom. The third-order valence-electron chi connectivity index (χ3n) is 2.95. The molecule has 0 aliphatic rings. The number of ether oxygens (including phenoxy) is 1. The summed E-state index contributed by atoms with van der Waals surface area (Å²) in [7, 11) is 0. The Bertz CT molecular complexity index is 584. The lowest BCUT2D eigenvalue weighted by Gasteiger charge is -2.22. The quantitative estimate of drug-likeness (QED) is 0.167. The van der Waals surface area contributed by atoms with Crippen LogP contribution in [0, 0.1) is 0 Å². The van der Waals surface area contributed by atoms with Crippen molar-refractivity contribution in [2.75, 3.05) is 12.3 Å². The predicted molar refractivity (Wildman–Crippen MR) is 100.0 cm³/mol. The van der Waals surface area contributed by atoms with Crippen molar-refractivity contribution in [2.24, 2.45) is 5.11 Å². The molecule has 0 fully saturated rings. The van der Waals surface area contributed by atoms with Crippen molar-refractivity contribution in [3.8, 4) is 0 Å². The monoisotopic (exact) mass is 402 g/mol. The number of carboxylic acid groups (broad SMARTS) is 1. The molecular weight excluding hydrogens is 376 g/mol. The normalized spacial score (nSPS) is 11.8. The van der Waals surface area contributed by atoms with E-state index in [-0.39, 0.29) is 31.6 Å². The highest BCUT2D eigenvalue weighted by atomic mass is 32.2. The first-order valence-electron chi connectivity index (χ1n) is 8.45. The largest absolute Gasteiger partial charge is 0.481 e. The molecule has 1 atom stereocenters. The van der Waals surface area contributed by atoms with Gasteiger partial charge in [0.2, 0.25) is 11.0 Å². The zero-order valence-electron chi connectivity index (χ0n) is 15.8. The summed E-state index contributed by atoms with van der Waals surface area (Å²) in [5, 5.41) is 14.0. The summed E-state index contributed by atoms with van der Waals surface area (Å²) in [5.74, 6) is -2.05. The van der Waals surface area contributed by atoms with Crippen LogP contribution in [-0.2, 0) is 23.9 Å². The molecule has 0 aliphatic heterocycles. The van der Waals surface area contributed by atoms with Crippen LogP contribution in [0.15, 0.2) is 5.11 Å². The van der Waals surface area contributed by atoms with Crippen LogP contribution in [-0.4, -0.2) is 52.0 Å². The first-order valence-corrected chi connectivity index (χ1v) is 9.44. The second kappa shape index (κ2) is 13.0. The molecule has 0 aromatic carbocycles. The molecule has 0 heterocycles. The zero-order valence-corrected chi connectivity index (χ0v) is 16.6. The number of azide groups is 1. The number of aliphatic carboxylic acids is 1. The molecule has 0 unspecified atom stereocenters. The maximum absolute atomic E-state index is 12.3. The van der Waals surface area contributed by atoms with Gasteiger partial charge in [-0.15, -0.1) is 0 Å². The van der Waals surface area contributed by atoms with Gasteiger partial charge < -0.3 is 15.2 Å². The summed E-state index contributed by atoms with van der Waals surface area (Å²) < 4.78 is 5.18. The minimum atomic E-state index is -1.09. The highest BCUT2D eigenvalue weighted by Crippen LogP contribution is 2.14. The van der Waals surface area contributed by atoms with E-state index in [2.05, 4.69) is 15.3 Å². The van der Waals surface area contributed by atoms with Crippen LogP contribution in [0.5, 0.6) is 0 Å². The summed E-state index contributed by atoms with van der Waals surface area (Å²) in [6.45, 7) is 5.33. The highest BCUT2D eigenvalue weighted by molar-refractivity contribution is 8.13. The number of hydrogen-bond acceptors (Lipinski definition) is 7. The Hall–Kier alpha value is -2.26. The SMILES string of the molecule is CC(C)(C)OC(=O)C[C@H](NC(=O)CCCCN=[N+]=[N-])C(=O)SCCC(=O)O. The highest BCUT2D eigenvalue weighted by Gasteiger charge is 2.27. The Morgan fingerprint density at radius 1 is 1.22 bits per heavy atom. The second-order valence-corrected chi connectivity index (χ2v) is 7.73. The van der Waals surface area contributed by atoms with Crippen molar-refractivity contribution in [1.82, 2.24) is 5.32 Å². The Morgan fingerprint density at radius 3 is 2.44 bits per heavy atom. The van der Waals surface area contributed by atoms with E-state index in [0.29, 0.717) is 12.8 Å². The summed E-state index contributed by atoms with van der Waals surface area (Å²) >= 11 is 0.752. The number of amides is 1. The molecule has 0 aliphatic carbocycles. The molecule has 0 aromatic rings. The van der Waals surface area contributed by atoms with Gasteiger partial charge in [-0.05, 0) is 39.1 Å². The summed E-state index contributed by atoms with van der Waals surface area (Å²) in [6.07, 6.45) is 0.558. The number of hydrogen-bond donors (Lipinski definition) is 2. The average Bonchev–Trinajstić information content (AvgIpc) is 2.51. The van der Waals surface area contributed by atoms with E-state index in [1.54, 1.807) is 20.8 Å². The van der Waals surface area contributed by atoms with E-state index >= 15 is 0 Å². The van der Waals surface area contributed by atoms with Crippen molar-refractivity contribution >= 4 is 34.7 Å². The maximum atomic E-state index is 12.3.